The third-order valence-corrected chi connectivity index (χ3v) is 0. The molecule has 0 aliphatic rings. The molecule has 0 aromatic carbocycles. The Hall–Kier alpha value is 3.15. The smallest absolute Gasteiger partial charge is 1.00 e. The van der Waals surface area contributed by atoms with E-state index in [1.165, 1.54) is 0 Å². The summed E-state index contributed by atoms with van der Waals surface area (Å²) in [6, 6.07) is 0. The molecule has 20 valence electrons. The summed E-state index contributed by atoms with van der Waals surface area (Å²) in [5.74, 6) is 0. The van der Waals surface area contributed by atoms with Gasteiger partial charge in [0.1, 0.15) is 0 Å². The minimum atomic E-state index is 0. The molecule has 0 aliphatic carbocycles. The normalized spacial score (nSPS) is 0. The van der Waals surface area contributed by atoms with Crippen LogP contribution in [0.2, 0.25) is 0 Å². The molecule has 0 nitrogen and oxygen atoms in total. The average Bonchev–Trinajstić information content (AvgIpc) is 0. The van der Waals surface area contributed by atoms with Crippen LogP contribution in [0.4, 0.5) is 0 Å². The van der Waals surface area contributed by atoms with Crippen LogP contribution in [0.1, 0.15) is 4.28 Å². The number of rotatable bonds is 0. The number of hydrogen-bond donors (Lipinski definition) is 0. The largest absolute Gasteiger partial charge is 2.00 e. The van der Waals surface area contributed by atoms with E-state index in [0.717, 1.165) is 0 Å². The molecule has 0 rings (SSSR count). The Morgan fingerprint density at radius 2 is 1.25 bits per heavy atom. The van der Waals surface area contributed by atoms with Crippen molar-refractivity contribution in [3.05, 3.63) is 0 Å². The summed E-state index contributed by atoms with van der Waals surface area (Å²) in [6.07, 6.45) is 0. The average molecular weight is 129 g/mol. The fourth-order valence-electron chi connectivity index (χ4n) is 0. The fraction of sp³-hybridized carbons (Fsp3) is 0. The third-order valence-electron chi connectivity index (χ3n) is 0. The van der Waals surface area contributed by atoms with Gasteiger partial charge in [-0.05, 0) is 11.0 Å². The van der Waals surface area contributed by atoms with Gasteiger partial charge < -0.3 is 4.28 Å². The second-order valence-corrected chi connectivity index (χ2v) is 0. The molecule has 0 radical (unpaired) electrons. The van der Waals surface area contributed by atoms with Crippen molar-refractivity contribution in [3.63, 3.8) is 0 Å². The summed E-state index contributed by atoms with van der Waals surface area (Å²) >= 11 is 0. The molecule has 0 atom stereocenters. The minimum Gasteiger partial charge on any atom is -1.00 e. The Kier molecular flexibility index (Phi) is 112. The maximum atomic E-state index is 0. The Balaban J connectivity index is 0. The van der Waals surface area contributed by atoms with E-state index in [9.17, 15) is 0 Å². The van der Waals surface area contributed by atoms with Gasteiger partial charge in [-0.15, -0.1) is 0 Å². The standard InChI is InChI=1S/Al.K.Mg.H4Si.6H/h;;;1H4;;;;;;/q;+1;+2;;;;;3*-1. The molecular formula is H10AlKMgSi. The van der Waals surface area contributed by atoms with Crippen molar-refractivity contribution in [1.82, 2.24) is 0 Å². The monoisotopic (exact) mass is 128 g/mol. The van der Waals surface area contributed by atoms with E-state index < -0.39 is 0 Å². The molecule has 4 heavy (non-hydrogen) atoms. The van der Waals surface area contributed by atoms with Crippen LogP contribution in [0.15, 0.2) is 0 Å². The van der Waals surface area contributed by atoms with Gasteiger partial charge in [0.2, 0.25) is 0 Å². The molecule has 0 amide bonds. The van der Waals surface area contributed by atoms with Gasteiger partial charge in [0.25, 0.3) is 0 Å². The summed E-state index contributed by atoms with van der Waals surface area (Å²) in [5.41, 5.74) is 0. The summed E-state index contributed by atoms with van der Waals surface area (Å²) < 4.78 is 0. The van der Waals surface area contributed by atoms with E-state index >= 15 is 0 Å². The van der Waals surface area contributed by atoms with Crippen molar-refractivity contribution >= 4 is 51.4 Å². The summed E-state index contributed by atoms with van der Waals surface area (Å²) in [4.78, 5) is 0. The van der Waals surface area contributed by atoms with Gasteiger partial charge >= 0.3 is 74.4 Å². The van der Waals surface area contributed by atoms with E-state index in [1.807, 2.05) is 0 Å². The van der Waals surface area contributed by atoms with Crippen molar-refractivity contribution in [2.24, 2.45) is 0 Å². The topological polar surface area (TPSA) is 0 Å². The Bertz CT molecular complexity index is 14.9. The first-order valence-corrected chi connectivity index (χ1v) is 0. The van der Waals surface area contributed by atoms with Gasteiger partial charge in [0.05, 0.1) is 0 Å². The Morgan fingerprint density at radius 1 is 1.25 bits per heavy atom. The van der Waals surface area contributed by atoms with E-state index in [2.05, 4.69) is 0 Å². The Labute approximate surface area is 105 Å². The first kappa shape index (κ1) is 27.2. The predicted octanol–water partition coefficient (Wildman–Crippen LogP) is -5.67. The van der Waals surface area contributed by atoms with Crippen LogP contribution in [-0.2, 0) is 0 Å². The second kappa shape index (κ2) is 16.4. The molecule has 0 spiro atoms. The molecule has 0 N–H and O–H groups in total. The van der Waals surface area contributed by atoms with Gasteiger partial charge in [-0.25, -0.2) is 0 Å². The minimum absolute atomic E-state index is 0. The van der Waals surface area contributed by atoms with Crippen molar-refractivity contribution < 1.29 is 55.7 Å². The molecule has 0 aromatic heterocycles. The summed E-state index contributed by atoms with van der Waals surface area (Å²) in [5, 5.41) is 0. The first-order valence-electron chi connectivity index (χ1n) is 0. The maximum absolute atomic E-state index is 0. The van der Waals surface area contributed by atoms with E-state index in [1.54, 1.807) is 0 Å². The summed E-state index contributed by atoms with van der Waals surface area (Å²) in [7, 11) is 0. The molecule has 0 saturated carbocycles. The van der Waals surface area contributed by atoms with Crippen molar-refractivity contribution in [3.8, 4) is 0 Å². The zero-order valence-corrected chi connectivity index (χ0v) is 6.24. The molecule has 0 bridgehead atoms. The van der Waals surface area contributed by atoms with Gasteiger partial charge in [0, 0.05) is 0 Å². The number of hydrogen-bond acceptors (Lipinski definition) is 0. The first-order chi connectivity index (χ1) is 0. The van der Waals surface area contributed by atoms with Crippen molar-refractivity contribution in [1.29, 1.82) is 0 Å². The molecule has 0 aliphatic heterocycles. The zero-order valence-electron chi connectivity index (χ0n) is 4.71. The Morgan fingerprint density at radius 3 is 1.25 bits per heavy atom. The van der Waals surface area contributed by atoms with Gasteiger partial charge in [-0.2, -0.15) is 0 Å². The van der Waals surface area contributed by atoms with E-state index in [4.69, 9.17) is 0 Å². The molecule has 0 fully saturated rings. The van der Waals surface area contributed by atoms with Crippen molar-refractivity contribution in [2.45, 2.75) is 0 Å². The quantitative estimate of drug-likeness (QED) is 0.286. The second-order valence-electron chi connectivity index (χ2n) is 0. The van der Waals surface area contributed by atoms with Crippen LogP contribution < -0.4 is 51.4 Å². The molecule has 4 heteroatoms. The zero-order chi connectivity index (χ0) is 0. The third kappa shape index (κ3) is 8.94. The van der Waals surface area contributed by atoms with Crippen molar-refractivity contribution in [2.75, 3.05) is 0 Å². The molecule has 0 unspecified atom stereocenters. The fourth-order valence-corrected chi connectivity index (χ4v) is 0. The van der Waals surface area contributed by atoms with Gasteiger partial charge in [0.15, 0.2) is 17.4 Å². The predicted molar refractivity (Wildman–Crippen MR) is 30.4 cm³/mol. The van der Waals surface area contributed by atoms with E-state index in [-0.39, 0.29) is 107 Å². The maximum Gasteiger partial charge on any atom is 2.00 e. The molecule has 0 heterocycles. The molecule has 0 saturated heterocycles. The van der Waals surface area contributed by atoms with Crippen LogP contribution in [0.5, 0.6) is 0 Å². The van der Waals surface area contributed by atoms with Crippen LogP contribution in [-0.4, -0.2) is 51.4 Å². The molecule has 0 aromatic rings. The van der Waals surface area contributed by atoms with Crippen LogP contribution in [0, 0.1) is 0 Å². The van der Waals surface area contributed by atoms with Crippen LogP contribution >= 0.6 is 0 Å². The van der Waals surface area contributed by atoms with Crippen LogP contribution in [0.3, 0.4) is 0 Å². The van der Waals surface area contributed by atoms with Crippen LogP contribution in [0.25, 0.3) is 0 Å². The SMILES string of the molecule is [AlH3].[H-].[H-].[H-].[K+].[Mg+2].[SiH4]. The summed E-state index contributed by atoms with van der Waals surface area (Å²) in [6.45, 7) is 0. The van der Waals surface area contributed by atoms with Gasteiger partial charge in [-0.3, -0.25) is 0 Å². The van der Waals surface area contributed by atoms with Gasteiger partial charge in [-0.1, -0.05) is 0 Å². The van der Waals surface area contributed by atoms with E-state index in [0.29, 0.717) is 0 Å². The molecular weight excluding hydrogens is 118 g/mol.